The van der Waals surface area contributed by atoms with Crippen molar-refractivity contribution in [1.29, 1.82) is 0 Å². The van der Waals surface area contributed by atoms with E-state index in [4.69, 9.17) is 5.73 Å². The number of nitrogens with one attached hydrogen (secondary N) is 2. The van der Waals surface area contributed by atoms with Gasteiger partial charge in [-0.3, -0.25) is 9.59 Å². The van der Waals surface area contributed by atoms with Crippen LogP contribution in [-0.4, -0.2) is 26.8 Å². The molecule has 2 amide bonds. The van der Waals surface area contributed by atoms with Crippen molar-refractivity contribution in [3.05, 3.63) is 63.8 Å². The minimum Gasteiger partial charge on any atom is -0.382 e. The van der Waals surface area contributed by atoms with Gasteiger partial charge in [0.25, 0.3) is 5.91 Å². The fourth-order valence-corrected chi connectivity index (χ4v) is 2.91. The van der Waals surface area contributed by atoms with E-state index in [0.29, 0.717) is 5.69 Å². The van der Waals surface area contributed by atoms with E-state index < -0.39 is 5.91 Å². The number of anilines is 3. The zero-order chi connectivity index (χ0) is 20.3. The Morgan fingerprint density at radius 3 is 2.36 bits per heavy atom. The quantitative estimate of drug-likeness (QED) is 0.561. The molecule has 3 rings (SSSR count). The number of para-hydroxylation sites is 1. The molecule has 28 heavy (non-hydrogen) atoms. The predicted molar refractivity (Wildman–Crippen MR) is 111 cm³/mol. The summed E-state index contributed by atoms with van der Waals surface area (Å²) in [7, 11) is 0. The van der Waals surface area contributed by atoms with Crippen molar-refractivity contribution in [3.63, 3.8) is 0 Å². The molecule has 0 fully saturated rings. The fourth-order valence-electron chi connectivity index (χ4n) is 2.65. The standard InChI is InChI=1S/C19H19BrN6O2/c1-11-4-3-5-12(2)16(11)23-15(27)10-26-18(21)17(24-25-26)19(28)22-14-8-6-13(20)7-9-14/h3-9H,10,21H2,1-2H3,(H,22,28)(H,23,27). The Kier molecular flexibility index (Phi) is 5.74. The van der Waals surface area contributed by atoms with Crippen molar-refractivity contribution in [3.8, 4) is 0 Å². The second kappa shape index (κ2) is 8.22. The monoisotopic (exact) mass is 442 g/mol. The summed E-state index contributed by atoms with van der Waals surface area (Å²) >= 11 is 3.33. The number of amides is 2. The first-order chi connectivity index (χ1) is 13.3. The van der Waals surface area contributed by atoms with Crippen LogP contribution in [0.2, 0.25) is 0 Å². The average molecular weight is 443 g/mol. The third-order valence-corrected chi connectivity index (χ3v) is 4.66. The lowest BCUT2D eigenvalue weighted by Crippen LogP contribution is -2.22. The molecule has 4 N–H and O–H groups in total. The number of carbonyl (C=O) groups is 2. The summed E-state index contributed by atoms with van der Waals surface area (Å²) in [5.41, 5.74) is 9.18. The number of carbonyl (C=O) groups excluding carboxylic acids is 2. The SMILES string of the molecule is Cc1cccc(C)c1NC(=O)Cn1nnc(C(=O)Nc2ccc(Br)cc2)c1N. The molecule has 0 aliphatic rings. The Bertz CT molecular complexity index is 1010. The summed E-state index contributed by atoms with van der Waals surface area (Å²) in [5, 5.41) is 13.2. The summed E-state index contributed by atoms with van der Waals surface area (Å²) < 4.78 is 2.09. The van der Waals surface area contributed by atoms with Crippen molar-refractivity contribution in [1.82, 2.24) is 15.0 Å². The summed E-state index contributed by atoms with van der Waals surface area (Å²) in [5.74, 6) is -0.790. The van der Waals surface area contributed by atoms with Crippen LogP contribution >= 0.6 is 15.9 Å². The Labute approximate surface area is 170 Å². The number of rotatable bonds is 5. The van der Waals surface area contributed by atoms with Gasteiger partial charge in [0.15, 0.2) is 11.5 Å². The minimum atomic E-state index is -0.499. The molecule has 0 spiro atoms. The van der Waals surface area contributed by atoms with E-state index in [-0.39, 0.29) is 24.0 Å². The van der Waals surface area contributed by atoms with Crippen LogP contribution in [0.15, 0.2) is 46.9 Å². The lowest BCUT2D eigenvalue weighted by atomic mass is 10.1. The Morgan fingerprint density at radius 1 is 1.07 bits per heavy atom. The first-order valence-corrected chi connectivity index (χ1v) is 9.26. The number of aryl methyl sites for hydroxylation is 2. The van der Waals surface area contributed by atoms with Crippen LogP contribution in [0.5, 0.6) is 0 Å². The van der Waals surface area contributed by atoms with Crippen LogP contribution in [0.25, 0.3) is 0 Å². The second-order valence-electron chi connectivity index (χ2n) is 6.26. The van der Waals surface area contributed by atoms with Gasteiger partial charge in [-0.2, -0.15) is 0 Å². The van der Waals surface area contributed by atoms with Gasteiger partial charge in [-0.05, 0) is 49.2 Å². The summed E-state index contributed by atoms with van der Waals surface area (Å²) in [6.07, 6.45) is 0. The minimum absolute atomic E-state index is 0.0197. The second-order valence-corrected chi connectivity index (χ2v) is 7.17. The summed E-state index contributed by atoms with van der Waals surface area (Å²) in [6.45, 7) is 3.67. The van der Waals surface area contributed by atoms with Crippen molar-refractivity contribution >= 4 is 44.9 Å². The number of nitrogens with two attached hydrogens (primary N) is 1. The zero-order valence-electron chi connectivity index (χ0n) is 15.4. The molecule has 1 aromatic heterocycles. The molecule has 8 nitrogen and oxygen atoms in total. The molecule has 0 unspecified atom stereocenters. The van der Waals surface area contributed by atoms with Gasteiger partial charge in [-0.25, -0.2) is 4.68 Å². The first-order valence-electron chi connectivity index (χ1n) is 8.47. The fraction of sp³-hybridized carbons (Fsp3) is 0.158. The first kappa shape index (κ1) is 19.6. The number of aromatic nitrogens is 3. The summed E-state index contributed by atoms with van der Waals surface area (Å²) in [4.78, 5) is 24.8. The normalized spacial score (nSPS) is 10.5. The maximum atomic E-state index is 12.4. The van der Waals surface area contributed by atoms with Gasteiger partial charge in [0.1, 0.15) is 6.54 Å². The highest BCUT2D eigenvalue weighted by Gasteiger charge is 2.19. The number of benzene rings is 2. The van der Waals surface area contributed by atoms with Crippen LogP contribution < -0.4 is 16.4 Å². The third kappa shape index (κ3) is 4.37. The van der Waals surface area contributed by atoms with E-state index >= 15 is 0 Å². The average Bonchev–Trinajstić information content (AvgIpc) is 3.01. The number of hydrogen-bond acceptors (Lipinski definition) is 5. The molecule has 0 radical (unpaired) electrons. The lowest BCUT2D eigenvalue weighted by Gasteiger charge is -2.11. The molecular formula is C19H19BrN6O2. The molecule has 0 saturated heterocycles. The lowest BCUT2D eigenvalue weighted by molar-refractivity contribution is -0.116. The van der Waals surface area contributed by atoms with Gasteiger partial charge < -0.3 is 16.4 Å². The summed E-state index contributed by atoms with van der Waals surface area (Å²) in [6, 6.07) is 12.8. The Hall–Kier alpha value is -3.20. The highest BCUT2D eigenvalue weighted by Crippen LogP contribution is 2.20. The molecule has 0 saturated carbocycles. The maximum Gasteiger partial charge on any atom is 0.280 e. The van der Waals surface area contributed by atoms with E-state index in [2.05, 4.69) is 36.9 Å². The number of hydrogen-bond donors (Lipinski definition) is 3. The molecule has 0 bridgehead atoms. The molecule has 1 heterocycles. The highest BCUT2D eigenvalue weighted by molar-refractivity contribution is 9.10. The van der Waals surface area contributed by atoms with Gasteiger partial charge in [0.2, 0.25) is 5.91 Å². The van der Waals surface area contributed by atoms with Gasteiger partial charge in [0, 0.05) is 15.8 Å². The molecule has 144 valence electrons. The number of nitrogens with zero attached hydrogens (tertiary/aromatic N) is 3. The van der Waals surface area contributed by atoms with Crippen LogP contribution in [0, 0.1) is 13.8 Å². The molecular weight excluding hydrogens is 424 g/mol. The van der Waals surface area contributed by atoms with Crippen LogP contribution in [0.3, 0.4) is 0 Å². The van der Waals surface area contributed by atoms with Crippen molar-refractivity contribution in [2.75, 3.05) is 16.4 Å². The highest BCUT2D eigenvalue weighted by atomic mass is 79.9. The topological polar surface area (TPSA) is 115 Å². The van der Waals surface area contributed by atoms with Gasteiger partial charge in [-0.15, -0.1) is 5.10 Å². The van der Waals surface area contributed by atoms with Gasteiger partial charge in [0.05, 0.1) is 0 Å². The zero-order valence-corrected chi connectivity index (χ0v) is 16.9. The molecule has 0 aliphatic heterocycles. The van der Waals surface area contributed by atoms with Crippen LogP contribution in [0.4, 0.5) is 17.2 Å². The van der Waals surface area contributed by atoms with E-state index in [1.165, 1.54) is 4.68 Å². The van der Waals surface area contributed by atoms with Crippen LogP contribution in [0.1, 0.15) is 21.6 Å². The molecule has 9 heteroatoms. The number of halogens is 1. The van der Waals surface area contributed by atoms with Gasteiger partial charge in [-0.1, -0.05) is 39.3 Å². The Morgan fingerprint density at radius 2 is 1.71 bits per heavy atom. The molecule has 0 atom stereocenters. The van der Waals surface area contributed by atoms with Crippen LogP contribution in [-0.2, 0) is 11.3 Å². The van der Waals surface area contributed by atoms with E-state index in [0.717, 1.165) is 21.3 Å². The van der Waals surface area contributed by atoms with Crippen molar-refractivity contribution in [2.45, 2.75) is 20.4 Å². The third-order valence-electron chi connectivity index (χ3n) is 4.13. The van der Waals surface area contributed by atoms with Crippen molar-refractivity contribution in [2.24, 2.45) is 0 Å². The Balaban J connectivity index is 1.69. The van der Waals surface area contributed by atoms with E-state index in [1.807, 2.05) is 32.0 Å². The maximum absolute atomic E-state index is 12.4. The van der Waals surface area contributed by atoms with E-state index in [1.54, 1.807) is 24.3 Å². The predicted octanol–water partition coefficient (Wildman–Crippen LogP) is 3.13. The molecule has 0 aliphatic carbocycles. The molecule has 2 aromatic carbocycles. The van der Waals surface area contributed by atoms with Crippen molar-refractivity contribution < 1.29 is 9.59 Å². The smallest absolute Gasteiger partial charge is 0.280 e. The largest absolute Gasteiger partial charge is 0.382 e. The number of nitrogen functional groups attached to an aromatic ring is 1. The molecule has 3 aromatic rings. The van der Waals surface area contributed by atoms with Gasteiger partial charge >= 0.3 is 0 Å². The van der Waals surface area contributed by atoms with E-state index in [9.17, 15) is 9.59 Å².